The fourth-order valence-electron chi connectivity index (χ4n) is 3.40. The summed E-state index contributed by atoms with van der Waals surface area (Å²) in [6, 6.07) is 9.67. The van der Waals surface area contributed by atoms with Crippen molar-refractivity contribution >= 4 is 17.5 Å². The largest absolute Gasteiger partial charge is 0.467 e. The number of amides is 1. The van der Waals surface area contributed by atoms with Gasteiger partial charge in [-0.2, -0.15) is 0 Å². The Morgan fingerprint density at radius 1 is 1.30 bits per heavy atom. The number of nitrogens with one attached hydrogen (secondary N) is 1. The SMILES string of the molecule is NCc1cc(C(=O)NCC2(c3cccc(Cl)c3)CCCC2)co1. The fourth-order valence-corrected chi connectivity index (χ4v) is 3.59. The normalized spacial score (nSPS) is 16.4. The van der Waals surface area contributed by atoms with Crippen LogP contribution in [0.1, 0.15) is 47.4 Å². The van der Waals surface area contributed by atoms with Crippen molar-refractivity contribution in [2.75, 3.05) is 6.54 Å². The van der Waals surface area contributed by atoms with Crippen LogP contribution < -0.4 is 11.1 Å². The van der Waals surface area contributed by atoms with E-state index in [1.165, 1.54) is 24.7 Å². The fraction of sp³-hybridized carbons (Fsp3) is 0.389. The molecule has 1 aromatic carbocycles. The van der Waals surface area contributed by atoms with Crippen molar-refractivity contribution in [2.45, 2.75) is 37.6 Å². The number of nitrogens with two attached hydrogens (primary N) is 1. The van der Waals surface area contributed by atoms with Crippen molar-refractivity contribution in [3.63, 3.8) is 0 Å². The third-order valence-electron chi connectivity index (χ3n) is 4.70. The van der Waals surface area contributed by atoms with Crippen molar-refractivity contribution in [2.24, 2.45) is 5.73 Å². The molecule has 1 saturated carbocycles. The number of furan rings is 1. The summed E-state index contributed by atoms with van der Waals surface area (Å²) in [6.07, 6.45) is 5.93. The first kappa shape index (κ1) is 16.1. The highest BCUT2D eigenvalue weighted by molar-refractivity contribution is 6.30. The zero-order chi connectivity index (χ0) is 16.3. The Balaban J connectivity index is 1.74. The van der Waals surface area contributed by atoms with Crippen LogP contribution in [-0.4, -0.2) is 12.5 Å². The number of carbonyl (C=O) groups is 1. The second-order valence-electron chi connectivity index (χ2n) is 6.19. The van der Waals surface area contributed by atoms with Crippen molar-refractivity contribution in [3.05, 3.63) is 58.5 Å². The molecule has 0 bridgehead atoms. The van der Waals surface area contributed by atoms with E-state index in [1.807, 2.05) is 18.2 Å². The van der Waals surface area contributed by atoms with Crippen molar-refractivity contribution in [3.8, 4) is 0 Å². The monoisotopic (exact) mass is 332 g/mol. The van der Waals surface area contributed by atoms with Gasteiger partial charge in [0, 0.05) is 17.0 Å². The highest BCUT2D eigenvalue weighted by Crippen LogP contribution is 2.41. The lowest BCUT2D eigenvalue weighted by molar-refractivity contribution is 0.0942. The van der Waals surface area contributed by atoms with Crippen molar-refractivity contribution < 1.29 is 9.21 Å². The van der Waals surface area contributed by atoms with Crippen LogP contribution in [0.2, 0.25) is 5.02 Å². The molecule has 1 aliphatic rings. The zero-order valence-corrected chi connectivity index (χ0v) is 13.7. The summed E-state index contributed by atoms with van der Waals surface area (Å²) in [5.74, 6) is 0.488. The quantitative estimate of drug-likeness (QED) is 0.878. The van der Waals surface area contributed by atoms with Gasteiger partial charge in [-0.05, 0) is 36.6 Å². The van der Waals surface area contributed by atoms with Gasteiger partial charge >= 0.3 is 0 Å². The van der Waals surface area contributed by atoms with Crippen molar-refractivity contribution in [1.82, 2.24) is 5.32 Å². The van der Waals surface area contributed by atoms with E-state index in [-0.39, 0.29) is 11.3 Å². The molecule has 0 saturated heterocycles. The molecule has 1 fully saturated rings. The van der Waals surface area contributed by atoms with Gasteiger partial charge in [-0.15, -0.1) is 0 Å². The predicted molar refractivity (Wildman–Crippen MR) is 90.5 cm³/mol. The molecule has 1 aromatic heterocycles. The Morgan fingerprint density at radius 2 is 2.09 bits per heavy atom. The number of carbonyl (C=O) groups excluding carboxylic acids is 1. The maximum absolute atomic E-state index is 12.3. The maximum atomic E-state index is 12.3. The first-order valence-electron chi connectivity index (χ1n) is 7.95. The van der Waals surface area contributed by atoms with Crippen LogP contribution in [0.15, 0.2) is 41.0 Å². The van der Waals surface area contributed by atoms with E-state index >= 15 is 0 Å². The van der Waals surface area contributed by atoms with E-state index in [0.717, 1.165) is 17.9 Å². The summed E-state index contributed by atoms with van der Waals surface area (Å²) in [6.45, 7) is 0.898. The van der Waals surface area contributed by atoms with Crippen LogP contribution in [-0.2, 0) is 12.0 Å². The van der Waals surface area contributed by atoms with E-state index in [2.05, 4.69) is 11.4 Å². The number of hydrogen-bond donors (Lipinski definition) is 2. The van der Waals surface area contributed by atoms with Gasteiger partial charge in [-0.1, -0.05) is 36.6 Å². The highest BCUT2D eigenvalue weighted by atomic mass is 35.5. The van der Waals surface area contributed by atoms with Crippen LogP contribution in [0.25, 0.3) is 0 Å². The number of rotatable bonds is 5. The molecule has 3 rings (SSSR count). The summed E-state index contributed by atoms with van der Waals surface area (Å²) >= 11 is 6.15. The van der Waals surface area contributed by atoms with Crippen LogP contribution in [0.5, 0.6) is 0 Å². The minimum Gasteiger partial charge on any atom is -0.467 e. The second kappa shape index (κ2) is 6.77. The van der Waals surface area contributed by atoms with Crippen LogP contribution in [0.3, 0.4) is 0 Å². The van der Waals surface area contributed by atoms with Crippen LogP contribution >= 0.6 is 11.6 Å². The van der Waals surface area contributed by atoms with Crippen molar-refractivity contribution in [1.29, 1.82) is 0 Å². The standard InChI is InChI=1S/C18H21ClN2O2/c19-15-5-3-4-14(9-15)18(6-1-2-7-18)12-21-17(22)13-8-16(10-20)23-11-13/h3-5,8-9,11H,1-2,6-7,10,12,20H2,(H,21,22). The molecule has 0 unspecified atom stereocenters. The lowest BCUT2D eigenvalue weighted by Gasteiger charge is -2.30. The Labute approximate surface area is 141 Å². The van der Waals surface area contributed by atoms with Gasteiger partial charge in [0.2, 0.25) is 0 Å². The molecule has 3 N–H and O–H groups in total. The van der Waals surface area contributed by atoms with E-state index in [4.69, 9.17) is 21.8 Å². The first-order valence-corrected chi connectivity index (χ1v) is 8.32. The van der Waals surface area contributed by atoms with Gasteiger partial charge in [0.25, 0.3) is 5.91 Å². The average Bonchev–Trinajstić information content (AvgIpc) is 3.23. The van der Waals surface area contributed by atoms with Gasteiger partial charge < -0.3 is 15.5 Å². The zero-order valence-electron chi connectivity index (χ0n) is 13.0. The molecule has 4 nitrogen and oxygen atoms in total. The third-order valence-corrected chi connectivity index (χ3v) is 4.94. The molecule has 5 heteroatoms. The molecule has 0 spiro atoms. The Kier molecular flexibility index (Phi) is 4.74. The molecule has 0 atom stereocenters. The summed E-state index contributed by atoms with van der Waals surface area (Å²) < 4.78 is 5.23. The molecule has 122 valence electrons. The summed E-state index contributed by atoms with van der Waals surface area (Å²) in [7, 11) is 0. The minimum absolute atomic E-state index is 0.0268. The molecular formula is C18H21ClN2O2. The minimum atomic E-state index is -0.123. The molecule has 0 aliphatic heterocycles. The third kappa shape index (κ3) is 3.43. The smallest absolute Gasteiger partial charge is 0.254 e. The van der Waals surface area contributed by atoms with E-state index < -0.39 is 0 Å². The molecule has 1 heterocycles. The second-order valence-corrected chi connectivity index (χ2v) is 6.62. The Hall–Kier alpha value is -1.78. The van der Waals surface area contributed by atoms with Gasteiger partial charge in [0.15, 0.2) is 0 Å². The summed E-state index contributed by atoms with van der Waals surface area (Å²) in [4.78, 5) is 12.3. The Bertz CT molecular complexity index is 690. The van der Waals surface area contributed by atoms with Gasteiger partial charge in [0.05, 0.1) is 12.1 Å². The molecule has 23 heavy (non-hydrogen) atoms. The molecular weight excluding hydrogens is 312 g/mol. The molecule has 1 amide bonds. The lowest BCUT2D eigenvalue weighted by atomic mass is 9.79. The highest BCUT2D eigenvalue weighted by Gasteiger charge is 2.36. The predicted octanol–water partition coefficient (Wildman–Crippen LogP) is 3.63. The number of benzene rings is 1. The van der Waals surface area contributed by atoms with Gasteiger partial charge in [-0.3, -0.25) is 4.79 Å². The number of hydrogen-bond acceptors (Lipinski definition) is 3. The first-order chi connectivity index (χ1) is 11.1. The topological polar surface area (TPSA) is 68.3 Å². The van der Waals surface area contributed by atoms with Gasteiger partial charge in [0.1, 0.15) is 12.0 Å². The van der Waals surface area contributed by atoms with Gasteiger partial charge in [-0.25, -0.2) is 0 Å². The molecule has 2 aromatic rings. The number of halogens is 1. The maximum Gasteiger partial charge on any atom is 0.254 e. The lowest BCUT2D eigenvalue weighted by Crippen LogP contribution is -2.38. The molecule has 0 radical (unpaired) electrons. The van der Waals surface area contributed by atoms with E-state index in [9.17, 15) is 4.79 Å². The van der Waals surface area contributed by atoms with E-state index in [0.29, 0.717) is 24.4 Å². The molecule has 1 aliphatic carbocycles. The van der Waals surface area contributed by atoms with Crippen LogP contribution in [0.4, 0.5) is 0 Å². The summed E-state index contributed by atoms with van der Waals surface area (Å²) in [5.41, 5.74) is 7.21. The van der Waals surface area contributed by atoms with E-state index in [1.54, 1.807) is 6.07 Å². The Morgan fingerprint density at radius 3 is 2.74 bits per heavy atom. The summed E-state index contributed by atoms with van der Waals surface area (Å²) in [5, 5.41) is 3.79. The van der Waals surface area contributed by atoms with Crippen LogP contribution in [0, 0.1) is 0 Å². The average molecular weight is 333 g/mol.